The Bertz CT molecular complexity index is 560. The molecule has 2 N–H and O–H groups in total. The quantitative estimate of drug-likeness (QED) is 0.886. The first-order chi connectivity index (χ1) is 9.11. The van der Waals surface area contributed by atoms with Crippen LogP contribution in [-0.2, 0) is 0 Å². The summed E-state index contributed by atoms with van der Waals surface area (Å²) < 4.78 is 5.33. The van der Waals surface area contributed by atoms with Gasteiger partial charge in [-0.05, 0) is 25.5 Å². The van der Waals surface area contributed by atoms with Crippen LogP contribution in [0.2, 0.25) is 0 Å². The van der Waals surface area contributed by atoms with Gasteiger partial charge in [0.1, 0.15) is 11.5 Å². The molecule has 1 amide bonds. The number of aliphatic hydroxyl groups excluding tert-OH is 1. The molecule has 1 aromatic carbocycles. The van der Waals surface area contributed by atoms with Gasteiger partial charge in [-0.3, -0.25) is 4.79 Å². The number of hydrogen-bond donors (Lipinski definition) is 2. The van der Waals surface area contributed by atoms with Gasteiger partial charge >= 0.3 is 0 Å². The molecular weight excluding hydrogens is 242 g/mol. The minimum Gasteiger partial charge on any atom is -0.466 e. The van der Waals surface area contributed by atoms with Crippen LogP contribution in [0.15, 0.2) is 40.8 Å². The van der Waals surface area contributed by atoms with Gasteiger partial charge in [-0.15, -0.1) is 0 Å². The van der Waals surface area contributed by atoms with Crippen LogP contribution < -0.4 is 5.32 Å². The number of carbonyl (C=O) groups excluding carboxylic acids is 1. The van der Waals surface area contributed by atoms with Gasteiger partial charge in [-0.1, -0.05) is 30.3 Å². The molecule has 0 aliphatic heterocycles. The van der Waals surface area contributed by atoms with Gasteiger partial charge in [-0.25, -0.2) is 0 Å². The predicted octanol–water partition coefficient (Wildman–Crippen LogP) is 2.36. The lowest BCUT2D eigenvalue weighted by molar-refractivity contribution is 0.0914. The molecule has 0 aliphatic rings. The highest BCUT2D eigenvalue weighted by atomic mass is 16.3. The fourth-order valence-corrected chi connectivity index (χ4v) is 2.01. The zero-order valence-corrected chi connectivity index (χ0v) is 11.0. The van der Waals surface area contributed by atoms with Crippen LogP contribution in [0.25, 0.3) is 0 Å². The standard InChI is InChI=1S/C15H17NO3/c1-10-8-13(11(2)19-10)15(18)16-14(9-17)12-6-4-3-5-7-12/h3-8,14,17H,9H2,1-2H3,(H,16,18). The minimum atomic E-state index is -0.414. The molecule has 1 atom stereocenters. The number of benzene rings is 1. The highest BCUT2D eigenvalue weighted by Gasteiger charge is 2.18. The number of furan rings is 1. The lowest BCUT2D eigenvalue weighted by Gasteiger charge is -2.16. The average Bonchev–Trinajstić information content (AvgIpc) is 2.76. The summed E-state index contributed by atoms with van der Waals surface area (Å²) in [6, 6.07) is 10.7. The average molecular weight is 259 g/mol. The zero-order chi connectivity index (χ0) is 13.8. The van der Waals surface area contributed by atoms with E-state index in [-0.39, 0.29) is 12.5 Å². The van der Waals surface area contributed by atoms with Crippen molar-refractivity contribution in [2.24, 2.45) is 0 Å². The van der Waals surface area contributed by atoms with Crippen LogP contribution in [0.5, 0.6) is 0 Å². The van der Waals surface area contributed by atoms with Crippen LogP contribution in [0.4, 0.5) is 0 Å². The predicted molar refractivity (Wildman–Crippen MR) is 71.9 cm³/mol. The molecule has 1 aromatic heterocycles. The van der Waals surface area contributed by atoms with Crippen molar-refractivity contribution in [3.05, 3.63) is 59.0 Å². The van der Waals surface area contributed by atoms with Crippen LogP contribution in [0, 0.1) is 13.8 Å². The Morgan fingerprint density at radius 3 is 2.53 bits per heavy atom. The van der Waals surface area contributed by atoms with Gasteiger partial charge in [0.15, 0.2) is 0 Å². The fraction of sp³-hybridized carbons (Fsp3) is 0.267. The molecule has 0 aliphatic carbocycles. The van der Waals surface area contributed by atoms with E-state index in [0.717, 1.165) is 5.56 Å². The summed E-state index contributed by atoms with van der Waals surface area (Å²) in [6.45, 7) is 3.40. The third kappa shape index (κ3) is 3.03. The number of rotatable bonds is 4. The van der Waals surface area contributed by atoms with Crippen molar-refractivity contribution < 1.29 is 14.3 Å². The van der Waals surface area contributed by atoms with Crippen molar-refractivity contribution in [3.8, 4) is 0 Å². The highest BCUT2D eigenvalue weighted by Crippen LogP contribution is 2.16. The highest BCUT2D eigenvalue weighted by molar-refractivity contribution is 5.95. The van der Waals surface area contributed by atoms with Crippen molar-refractivity contribution in [1.82, 2.24) is 5.32 Å². The number of nitrogens with one attached hydrogen (secondary N) is 1. The summed E-state index contributed by atoms with van der Waals surface area (Å²) in [6.07, 6.45) is 0. The Labute approximate surface area is 112 Å². The lowest BCUT2D eigenvalue weighted by atomic mass is 10.1. The zero-order valence-electron chi connectivity index (χ0n) is 11.0. The second-order valence-electron chi connectivity index (χ2n) is 4.45. The monoisotopic (exact) mass is 259 g/mol. The second-order valence-corrected chi connectivity index (χ2v) is 4.45. The third-order valence-corrected chi connectivity index (χ3v) is 2.98. The molecule has 100 valence electrons. The molecule has 0 saturated carbocycles. The van der Waals surface area contributed by atoms with Crippen molar-refractivity contribution in [2.45, 2.75) is 19.9 Å². The molecule has 4 heteroatoms. The van der Waals surface area contributed by atoms with Gasteiger partial charge in [0, 0.05) is 0 Å². The molecule has 2 rings (SSSR count). The van der Waals surface area contributed by atoms with E-state index in [1.54, 1.807) is 19.9 Å². The van der Waals surface area contributed by atoms with Crippen LogP contribution in [0.3, 0.4) is 0 Å². The first-order valence-electron chi connectivity index (χ1n) is 6.15. The topological polar surface area (TPSA) is 62.5 Å². The maximum atomic E-state index is 12.1. The fourth-order valence-electron chi connectivity index (χ4n) is 2.01. The Morgan fingerprint density at radius 2 is 2.00 bits per heavy atom. The summed E-state index contributed by atoms with van der Waals surface area (Å²) in [4.78, 5) is 12.1. The molecule has 1 unspecified atom stereocenters. The van der Waals surface area contributed by atoms with Crippen LogP contribution in [-0.4, -0.2) is 17.6 Å². The molecule has 0 fully saturated rings. The molecule has 19 heavy (non-hydrogen) atoms. The maximum absolute atomic E-state index is 12.1. The molecule has 1 heterocycles. The van der Waals surface area contributed by atoms with E-state index in [2.05, 4.69) is 5.32 Å². The van der Waals surface area contributed by atoms with Crippen molar-refractivity contribution >= 4 is 5.91 Å². The van der Waals surface area contributed by atoms with Gasteiger partial charge < -0.3 is 14.8 Å². The Kier molecular flexibility index (Phi) is 4.02. The number of carbonyl (C=O) groups is 1. The molecule has 0 bridgehead atoms. The number of hydrogen-bond acceptors (Lipinski definition) is 3. The number of aryl methyl sites for hydroxylation is 2. The van der Waals surface area contributed by atoms with Gasteiger partial charge in [-0.2, -0.15) is 0 Å². The minimum absolute atomic E-state index is 0.147. The lowest BCUT2D eigenvalue weighted by Crippen LogP contribution is -2.30. The molecule has 2 aromatic rings. The summed E-state index contributed by atoms with van der Waals surface area (Å²) in [5.74, 6) is 1.04. The van der Waals surface area contributed by atoms with E-state index in [0.29, 0.717) is 17.1 Å². The molecular formula is C15H17NO3. The SMILES string of the molecule is Cc1cc(C(=O)NC(CO)c2ccccc2)c(C)o1. The van der Waals surface area contributed by atoms with Gasteiger partial charge in [0.2, 0.25) is 0 Å². The molecule has 0 spiro atoms. The molecule has 0 radical (unpaired) electrons. The third-order valence-electron chi connectivity index (χ3n) is 2.98. The van der Waals surface area contributed by atoms with Crippen molar-refractivity contribution in [3.63, 3.8) is 0 Å². The van der Waals surface area contributed by atoms with Crippen molar-refractivity contribution in [2.75, 3.05) is 6.61 Å². The van der Waals surface area contributed by atoms with E-state index in [9.17, 15) is 9.90 Å². The van der Waals surface area contributed by atoms with Gasteiger partial charge in [0.25, 0.3) is 5.91 Å². The van der Waals surface area contributed by atoms with E-state index in [4.69, 9.17) is 4.42 Å². The summed E-state index contributed by atoms with van der Waals surface area (Å²) in [5.41, 5.74) is 1.38. The van der Waals surface area contributed by atoms with Crippen molar-refractivity contribution in [1.29, 1.82) is 0 Å². The van der Waals surface area contributed by atoms with Crippen LogP contribution >= 0.6 is 0 Å². The smallest absolute Gasteiger partial charge is 0.255 e. The van der Waals surface area contributed by atoms with Gasteiger partial charge in [0.05, 0.1) is 18.2 Å². The Hall–Kier alpha value is -2.07. The number of aliphatic hydroxyl groups is 1. The Balaban J connectivity index is 2.15. The normalized spacial score (nSPS) is 12.2. The molecule has 4 nitrogen and oxygen atoms in total. The Morgan fingerprint density at radius 1 is 1.32 bits per heavy atom. The second kappa shape index (κ2) is 5.71. The summed E-state index contributed by atoms with van der Waals surface area (Å²) >= 11 is 0. The van der Waals surface area contributed by atoms with E-state index < -0.39 is 6.04 Å². The van der Waals surface area contributed by atoms with E-state index >= 15 is 0 Å². The van der Waals surface area contributed by atoms with E-state index in [1.807, 2.05) is 30.3 Å². The van der Waals surface area contributed by atoms with Crippen LogP contribution in [0.1, 0.15) is 33.5 Å². The summed E-state index contributed by atoms with van der Waals surface area (Å²) in [7, 11) is 0. The number of amides is 1. The molecule has 0 saturated heterocycles. The maximum Gasteiger partial charge on any atom is 0.255 e. The van der Waals surface area contributed by atoms with E-state index in [1.165, 1.54) is 0 Å². The summed E-state index contributed by atoms with van der Waals surface area (Å²) in [5, 5.41) is 12.2. The largest absolute Gasteiger partial charge is 0.466 e. The first kappa shape index (κ1) is 13.4. The first-order valence-corrected chi connectivity index (χ1v) is 6.15.